The Morgan fingerprint density at radius 2 is 1.29 bits per heavy atom. The van der Waals surface area contributed by atoms with Crippen LogP contribution >= 0.6 is 0 Å². The lowest BCUT2D eigenvalue weighted by atomic mass is 9.85. The summed E-state index contributed by atoms with van der Waals surface area (Å²) < 4.78 is 0. The molecular weight excluding hydrogens is 236 g/mol. The van der Waals surface area contributed by atoms with Gasteiger partial charge in [0, 0.05) is 12.8 Å². The van der Waals surface area contributed by atoms with Crippen LogP contribution in [0.1, 0.15) is 19.3 Å². The molecule has 0 aliphatic heterocycles. The van der Waals surface area contributed by atoms with Gasteiger partial charge in [0.1, 0.15) is 0 Å². The zero-order valence-corrected chi connectivity index (χ0v) is 8.70. The van der Waals surface area contributed by atoms with Crippen LogP contribution in [0, 0.1) is 11.8 Å². The maximum atomic E-state index is 10.7. The van der Waals surface area contributed by atoms with Crippen LogP contribution in [0.15, 0.2) is 0 Å². The predicted molar refractivity (Wildman–Crippen MR) is 51.4 cm³/mol. The summed E-state index contributed by atoms with van der Waals surface area (Å²) in [4.78, 5) is 42.2. The Kier molecular flexibility index (Phi) is 5.65. The summed E-state index contributed by atoms with van der Waals surface area (Å²) in [5.74, 6) is -9.12. The van der Waals surface area contributed by atoms with Crippen LogP contribution in [0.3, 0.4) is 0 Å². The standard InChI is InChI=1S/C9H12O8/c10-5(11)2-1-4(3-6(12)13)7(8(14)15)9(16)17/h4,7H,1-3H2,(H,10,11)(H,12,13)(H,14,15)(H,16,17). The number of carbonyl (C=O) groups is 4. The third kappa shape index (κ3) is 5.50. The van der Waals surface area contributed by atoms with Crippen molar-refractivity contribution < 1.29 is 39.6 Å². The molecule has 0 aliphatic carbocycles. The molecule has 4 N–H and O–H groups in total. The topological polar surface area (TPSA) is 149 Å². The first-order chi connectivity index (χ1) is 7.75. The average Bonchev–Trinajstić information content (AvgIpc) is 2.11. The minimum atomic E-state index is -1.91. The van der Waals surface area contributed by atoms with E-state index in [1.165, 1.54) is 0 Å². The van der Waals surface area contributed by atoms with Gasteiger partial charge in [0.05, 0.1) is 0 Å². The van der Waals surface area contributed by atoms with Crippen molar-refractivity contribution in [2.75, 3.05) is 0 Å². The molecule has 0 rings (SSSR count). The molecule has 0 saturated carbocycles. The normalized spacial score (nSPS) is 12.1. The van der Waals surface area contributed by atoms with E-state index in [9.17, 15) is 19.2 Å². The largest absolute Gasteiger partial charge is 0.481 e. The molecule has 0 bridgehead atoms. The van der Waals surface area contributed by atoms with Crippen molar-refractivity contribution in [3.63, 3.8) is 0 Å². The first-order valence-corrected chi connectivity index (χ1v) is 4.65. The molecule has 0 amide bonds. The Labute approximate surface area is 95.5 Å². The van der Waals surface area contributed by atoms with E-state index < -0.39 is 48.6 Å². The molecule has 1 atom stereocenters. The molecule has 0 fully saturated rings. The maximum Gasteiger partial charge on any atom is 0.318 e. The van der Waals surface area contributed by atoms with Gasteiger partial charge in [-0.1, -0.05) is 0 Å². The summed E-state index contributed by atoms with van der Waals surface area (Å²) in [7, 11) is 0. The fraction of sp³-hybridized carbons (Fsp3) is 0.556. The highest BCUT2D eigenvalue weighted by Gasteiger charge is 2.36. The smallest absolute Gasteiger partial charge is 0.318 e. The van der Waals surface area contributed by atoms with Crippen LogP contribution in [-0.2, 0) is 19.2 Å². The lowest BCUT2D eigenvalue weighted by Gasteiger charge is -2.18. The van der Waals surface area contributed by atoms with E-state index in [-0.39, 0.29) is 6.42 Å². The van der Waals surface area contributed by atoms with E-state index in [1.807, 2.05) is 0 Å². The molecule has 0 spiro atoms. The Hall–Kier alpha value is -2.12. The molecule has 96 valence electrons. The number of carboxylic acid groups (broad SMARTS) is 4. The van der Waals surface area contributed by atoms with Crippen molar-refractivity contribution >= 4 is 23.9 Å². The van der Waals surface area contributed by atoms with E-state index in [1.54, 1.807) is 0 Å². The molecule has 0 radical (unpaired) electrons. The molecule has 0 heterocycles. The highest BCUT2D eigenvalue weighted by Crippen LogP contribution is 2.22. The van der Waals surface area contributed by atoms with Crippen molar-refractivity contribution in [1.29, 1.82) is 0 Å². The Morgan fingerprint density at radius 1 is 0.824 bits per heavy atom. The molecular formula is C9H12O8. The lowest BCUT2D eigenvalue weighted by Crippen LogP contribution is -2.33. The number of aliphatic carboxylic acids is 4. The zero-order chi connectivity index (χ0) is 13.6. The summed E-state index contributed by atoms with van der Waals surface area (Å²) in [5.41, 5.74) is 0. The quantitative estimate of drug-likeness (QED) is 0.428. The second kappa shape index (κ2) is 6.46. The number of hydrogen-bond donors (Lipinski definition) is 4. The summed E-state index contributed by atoms with van der Waals surface area (Å²) >= 11 is 0. The summed E-state index contributed by atoms with van der Waals surface area (Å²) in [6, 6.07) is 0. The zero-order valence-electron chi connectivity index (χ0n) is 8.70. The van der Waals surface area contributed by atoms with Crippen LogP contribution in [-0.4, -0.2) is 44.3 Å². The van der Waals surface area contributed by atoms with Crippen LogP contribution in [0.5, 0.6) is 0 Å². The van der Waals surface area contributed by atoms with Crippen molar-refractivity contribution in [3.05, 3.63) is 0 Å². The monoisotopic (exact) mass is 248 g/mol. The molecule has 8 heteroatoms. The second-order valence-electron chi connectivity index (χ2n) is 3.44. The molecule has 0 aliphatic rings. The Balaban J connectivity index is 4.84. The van der Waals surface area contributed by atoms with Gasteiger partial charge in [0.25, 0.3) is 0 Å². The summed E-state index contributed by atoms with van der Waals surface area (Å²) in [5, 5.41) is 34.3. The van der Waals surface area contributed by atoms with Gasteiger partial charge < -0.3 is 20.4 Å². The Bertz CT molecular complexity index is 320. The van der Waals surface area contributed by atoms with Crippen LogP contribution < -0.4 is 0 Å². The SMILES string of the molecule is O=C(O)CCC(CC(=O)O)C(C(=O)O)C(=O)O. The number of hydrogen-bond acceptors (Lipinski definition) is 4. The third-order valence-corrected chi connectivity index (χ3v) is 2.17. The lowest BCUT2D eigenvalue weighted by molar-refractivity contribution is -0.159. The summed E-state index contributed by atoms with van der Waals surface area (Å²) in [6.45, 7) is 0. The molecule has 1 unspecified atom stereocenters. The molecule has 8 nitrogen and oxygen atoms in total. The van der Waals surface area contributed by atoms with Gasteiger partial charge in [-0.15, -0.1) is 0 Å². The molecule has 0 aromatic rings. The van der Waals surface area contributed by atoms with E-state index >= 15 is 0 Å². The van der Waals surface area contributed by atoms with Gasteiger partial charge in [-0.05, 0) is 12.3 Å². The summed E-state index contributed by atoms with van der Waals surface area (Å²) in [6.07, 6.45) is -1.49. The van der Waals surface area contributed by atoms with Crippen molar-refractivity contribution in [2.45, 2.75) is 19.3 Å². The van der Waals surface area contributed by atoms with Gasteiger partial charge in [0.2, 0.25) is 0 Å². The van der Waals surface area contributed by atoms with Gasteiger partial charge in [-0.2, -0.15) is 0 Å². The number of carboxylic acids is 4. The number of rotatable bonds is 8. The van der Waals surface area contributed by atoms with Crippen LogP contribution in [0.4, 0.5) is 0 Å². The van der Waals surface area contributed by atoms with Crippen LogP contribution in [0.25, 0.3) is 0 Å². The molecule has 0 aromatic carbocycles. The minimum absolute atomic E-state index is 0.315. The minimum Gasteiger partial charge on any atom is -0.481 e. The van der Waals surface area contributed by atoms with Gasteiger partial charge >= 0.3 is 23.9 Å². The van der Waals surface area contributed by atoms with Crippen molar-refractivity contribution in [2.24, 2.45) is 11.8 Å². The Morgan fingerprint density at radius 3 is 1.59 bits per heavy atom. The fourth-order valence-corrected chi connectivity index (χ4v) is 1.43. The first-order valence-electron chi connectivity index (χ1n) is 4.65. The van der Waals surface area contributed by atoms with Gasteiger partial charge in [0.15, 0.2) is 5.92 Å². The predicted octanol–water partition coefficient (Wildman–Crippen LogP) is -0.272. The van der Waals surface area contributed by atoms with E-state index in [2.05, 4.69) is 0 Å². The van der Waals surface area contributed by atoms with E-state index in [0.717, 1.165) is 0 Å². The van der Waals surface area contributed by atoms with Crippen LogP contribution in [0.2, 0.25) is 0 Å². The highest BCUT2D eigenvalue weighted by atomic mass is 16.4. The fourth-order valence-electron chi connectivity index (χ4n) is 1.43. The average molecular weight is 248 g/mol. The third-order valence-electron chi connectivity index (χ3n) is 2.17. The molecule has 0 aromatic heterocycles. The van der Waals surface area contributed by atoms with Gasteiger partial charge in [-0.3, -0.25) is 19.2 Å². The van der Waals surface area contributed by atoms with E-state index in [4.69, 9.17) is 20.4 Å². The molecule has 0 saturated heterocycles. The highest BCUT2D eigenvalue weighted by molar-refractivity contribution is 5.93. The van der Waals surface area contributed by atoms with Gasteiger partial charge in [-0.25, -0.2) is 0 Å². The maximum absolute atomic E-state index is 10.7. The van der Waals surface area contributed by atoms with Crippen molar-refractivity contribution in [3.8, 4) is 0 Å². The first kappa shape index (κ1) is 14.9. The molecule has 17 heavy (non-hydrogen) atoms. The van der Waals surface area contributed by atoms with E-state index in [0.29, 0.717) is 0 Å². The second-order valence-corrected chi connectivity index (χ2v) is 3.44. The van der Waals surface area contributed by atoms with Crippen molar-refractivity contribution in [1.82, 2.24) is 0 Å².